The maximum atomic E-state index is 5.75. The first-order chi connectivity index (χ1) is 10.2. The number of hydrogen-bond acceptors (Lipinski definition) is 3. The molecule has 5 heteroatoms. The van der Waals surface area contributed by atoms with Crippen molar-refractivity contribution in [2.24, 2.45) is 16.5 Å². The summed E-state index contributed by atoms with van der Waals surface area (Å²) in [5, 5.41) is 0. The van der Waals surface area contributed by atoms with E-state index in [1.165, 1.54) is 37.9 Å². The molecule has 21 heavy (non-hydrogen) atoms. The third-order valence-corrected chi connectivity index (χ3v) is 3.62. The number of piperidine rings is 1. The Hall–Kier alpha value is -1.75. The Balaban J connectivity index is 1.76. The summed E-state index contributed by atoms with van der Waals surface area (Å²) < 4.78 is 5.75. The fraction of sp³-hybridized carbons (Fsp3) is 0.562. The molecule has 0 aliphatic carbocycles. The van der Waals surface area contributed by atoms with E-state index in [0.717, 1.165) is 18.7 Å². The highest BCUT2D eigenvalue weighted by atomic mass is 16.5. The van der Waals surface area contributed by atoms with Crippen molar-refractivity contribution in [2.45, 2.75) is 32.2 Å². The number of guanidine groups is 1. The Morgan fingerprint density at radius 1 is 1.19 bits per heavy atom. The SMILES string of the molecule is NC(N)=NCCCOc1cccc(CN2CCCCC2)c1. The van der Waals surface area contributed by atoms with Crippen molar-refractivity contribution >= 4 is 5.96 Å². The van der Waals surface area contributed by atoms with Gasteiger partial charge in [0.2, 0.25) is 0 Å². The van der Waals surface area contributed by atoms with Gasteiger partial charge < -0.3 is 16.2 Å². The zero-order chi connectivity index (χ0) is 14.9. The highest BCUT2D eigenvalue weighted by molar-refractivity contribution is 5.75. The molecular formula is C16H26N4O. The maximum Gasteiger partial charge on any atom is 0.185 e. The topological polar surface area (TPSA) is 76.9 Å². The Bertz CT molecular complexity index is 451. The van der Waals surface area contributed by atoms with E-state index in [-0.39, 0.29) is 5.96 Å². The molecule has 1 aliphatic heterocycles. The van der Waals surface area contributed by atoms with Crippen LogP contribution >= 0.6 is 0 Å². The van der Waals surface area contributed by atoms with Crippen LogP contribution in [0.1, 0.15) is 31.2 Å². The Labute approximate surface area is 127 Å². The normalized spacial score (nSPS) is 15.6. The van der Waals surface area contributed by atoms with Gasteiger partial charge in [-0.25, -0.2) is 0 Å². The Morgan fingerprint density at radius 3 is 2.76 bits per heavy atom. The van der Waals surface area contributed by atoms with E-state index >= 15 is 0 Å². The lowest BCUT2D eigenvalue weighted by Gasteiger charge is -2.26. The van der Waals surface area contributed by atoms with Gasteiger partial charge in [0.05, 0.1) is 6.61 Å². The van der Waals surface area contributed by atoms with Crippen molar-refractivity contribution in [3.63, 3.8) is 0 Å². The second-order valence-electron chi connectivity index (χ2n) is 5.49. The van der Waals surface area contributed by atoms with Gasteiger partial charge in [0.15, 0.2) is 5.96 Å². The van der Waals surface area contributed by atoms with Gasteiger partial charge in [0.25, 0.3) is 0 Å². The Kier molecular flexibility index (Phi) is 6.34. The summed E-state index contributed by atoms with van der Waals surface area (Å²) in [6, 6.07) is 8.36. The molecule has 0 amide bonds. The number of rotatable bonds is 7. The van der Waals surface area contributed by atoms with E-state index in [9.17, 15) is 0 Å². The minimum absolute atomic E-state index is 0.138. The van der Waals surface area contributed by atoms with Crippen LogP contribution in [-0.2, 0) is 6.54 Å². The first-order valence-electron chi connectivity index (χ1n) is 7.73. The lowest BCUT2D eigenvalue weighted by molar-refractivity contribution is 0.220. The summed E-state index contributed by atoms with van der Waals surface area (Å²) >= 11 is 0. The quantitative estimate of drug-likeness (QED) is 0.455. The van der Waals surface area contributed by atoms with Crippen molar-refractivity contribution in [2.75, 3.05) is 26.2 Å². The van der Waals surface area contributed by atoms with Crippen LogP contribution in [-0.4, -0.2) is 37.1 Å². The predicted octanol–water partition coefficient (Wildman–Crippen LogP) is 1.71. The van der Waals surface area contributed by atoms with Gasteiger partial charge in [0.1, 0.15) is 5.75 Å². The third-order valence-electron chi connectivity index (χ3n) is 3.62. The molecule has 0 saturated carbocycles. The third kappa shape index (κ3) is 6.04. The van der Waals surface area contributed by atoms with Gasteiger partial charge >= 0.3 is 0 Å². The fourth-order valence-electron chi connectivity index (χ4n) is 2.57. The maximum absolute atomic E-state index is 5.75. The Morgan fingerprint density at radius 2 is 2.00 bits per heavy atom. The smallest absolute Gasteiger partial charge is 0.185 e. The van der Waals surface area contributed by atoms with E-state index < -0.39 is 0 Å². The van der Waals surface area contributed by atoms with Gasteiger partial charge in [-0.3, -0.25) is 9.89 Å². The number of benzene rings is 1. The van der Waals surface area contributed by atoms with Gasteiger partial charge in [-0.05, 0) is 43.6 Å². The molecule has 1 aromatic rings. The van der Waals surface area contributed by atoms with Crippen molar-refractivity contribution in [1.82, 2.24) is 4.90 Å². The van der Waals surface area contributed by atoms with Crippen molar-refractivity contribution in [1.29, 1.82) is 0 Å². The molecule has 5 nitrogen and oxygen atoms in total. The lowest BCUT2D eigenvalue weighted by Crippen LogP contribution is -2.29. The molecule has 1 heterocycles. The van der Waals surface area contributed by atoms with Gasteiger partial charge in [-0.1, -0.05) is 18.6 Å². The van der Waals surface area contributed by atoms with Crippen LogP contribution in [0.4, 0.5) is 0 Å². The van der Waals surface area contributed by atoms with Crippen LogP contribution in [0, 0.1) is 0 Å². The molecule has 0 aromatic heterocycles. The van der Waals surface area contributed by atoms with E-state index in [1.807, 2.05) is 6.07 Å². The summed E-state index contributed by atoms with van der Waals surface area (Å²) in [6.45, 7) is 4.68. The van der Waals surface area contributed by atoms with E-state index in [4.69, 9.17) is 16.2 Å². The highest BCUT2D eigenvalue weighted by Gasteiger charge is 2.10. The minimum Gasteiger partial charge on any atom is -0.494 e. The number of nitrogens with two attached hydrogens (primary N) is 2. The van der Waals surface area contributed by atoms with Crippen molar-refractivity contribution < 1.29 is 4.74 Å². The number of aliphatic imine (C=N–C) groups is 1. The molecule has 1 saturated heterocycles. The number of nitrogens with zero attached hydrogens (tertiary/aromatic N) is 2. The zero-order valence-corrected chi connectivity index (χ0v) is 12.6. The monoisotopic (exact) mass is 290 g/mol. The number of hydrogen-bond donors (Lipinski definition) is 2. The zero-order valence-electron chi connectivity index (χ0n) is 12.6. The largest absolute Gasteiger partial charge is 0.494 e. The standard InChI is InChI=1S/C16H26N4O/c17-16(18)19-8-5-11-21-15-7-4-6-14(12-15)13-20-9-2-1-3-10-20/h4,6-7,12H,1-3,5,8-11,13H2,(H4,17,18,19). The lowest BCUT2D eigenvalue weighted by atomic mass is 10.1. The van der Waals surface area contributed by atoms with E-state index in [0.29, 0.717) is 13.2 Å². The highest BCUT2D eigenvalue weighted by Crippen LogP contribution is 2.17. The van der Waals surface area contributed by atoms with Crippen LogP contribution in [0.2, 0.25) is 0 Å². The summed E-state index contributed by atoms with van der Waals surface area (Å²) in [5.74, 6) is 1.06. The van der Waals surface area contributed by atoms with Crippen LogP contribution in [0.15, 0.2) is 29.3 Å². The minimum atomic E-state index is 0.138. The number of ether oxygens (including phenoxy) is 1. The first-order valence-corrected chi connectivity index (χ1v) is 7.73. The fourth-order valence-corrected chi connectivity index (χ4v) is 2.57. The summed E-state index contributed by atoms with van der Waals surface area (Å²) in [5.41, 5.74) is 11.9. The van der Waals surface area contributed by atoms with Gasteiger partial charge in [-0.2, -0.15) is 0 Å². The van der Waals surface area contributed by atoms with E-state index in [1.54, 1.807) is 0 Å². The summed E-state index contributed by atoms with van der Waals surface area (Å²) in [4.78, 5) is 6.45. The molecule has 116 valence electrons. The molecule has 0 atom stereocenters. The summed E-state index contributed by atoms with van der Waals surface area (Å²) in [7, 11) is 0. The van der Waals surface area contributed by atoms with Crippen molar-refractivity contribution in [3.8, 4) is 5.75 Å². The first kappa shape index (κ1) is 15.6. The molecule has 0 radical (unpaired) electrons. The van der Waals surface area contributed by atoms with Crippen molar-refractivity contribution in [3.05, 3.63) is 29.8 Å². The average Bonchev–Trinajstić information content (AvgIpc) is 2.48. The van der Waals surface area contributed by atoms with Crippen LogP contribution < -0.4 is 16.2 Å². The molecule has 4 N–H and O–H groups in total. The molecule has 1 aliphatic rings. The van der Waals surface area contributed by atoms with Crippen LogP contribution in [0.25, 0.3) is 0 Å². The van der Waals surface area contributed by atoms with Crippen LogP contribution in [0.3, 0.4) is 0 Å². The molecule has 0 bridgehead atoms. The van der Waals surface area contributed by atoms with Gasteiger partial charge in [0, 0.05) is 19.5 Å². The predicted molar refractivity (Wildman–Crippen MR) is 86.4 cm³/mol. The number of likely N-dealkylation sites (tertiary alicyclic amines) is 1. The molecule has 0 unspecified atom stereocenters. The molecular weight excluding hydrogens is 264 g/mol. The second kappa shape index (κ2) is 8.52. The van der Waals surface area contributed by atoms with E-state index in [2.05, 4.69) is 28.1 Å². The molecule has 1 fully saturated rings. The summed E-state index contributed by atoms with van der Waals surface area (Å²) in [6.07, 6.45) is 4.83. The molecule has 0 spiro atoms. The molecule has 2 rings (SSSR count). The van der Waals surface area contributed by atoms with Crippen LogP contribution in [0.5, 0.6) is 5.75 Å². The van der Waals surface area contributed by atoms with Gasteiger partial charge in [-0.15, -0.1) is 0 Å². The molecule has 1 aromatic carbocycles. The average molecular weight is 290 g/mol. The second-order valence-corrected chi connectivity index (χ2v) is 5.49.